The third-order valence-corrected chi connectivity index (χ3v) is 3.60. The highest BCUT2D eigenvalue weighted by molar-refractivity contribution is 6.08. The van der Waals surface area contributed by atoms with Crippen LogP contribution in [0.2, 0.25) is 0 Å². The van der Waals surface area contributed by atoms with Crippen LogP contribution in [0.4, 0.5) is 18.9 Å². The van der Waals surface area contributed by atoms with Crippen molar-refractivity contribution in [1.29, 1.82) is 0 Å². The largest absolute Gasteiger partial charge is 0.416 e. The Morgan fingerprint density at radius 2 is 1.88 bits per heavy atom. The summed E-state index contributed by atoms with van der Waals surface area (Å²) in [6, 6.07) is 11.9. The second kappa shape index (κ2) is 5.96. The van der Waals surface area contributed by atoms with Crippen LogP contribution in [0, 0.1) is 6.92 Å². The first-order valence-electron chi connectivity index (χ1n) is 7.18. The van der Waals surface area contributed by atoms with Crippen molar-refractivity contribution in [3.8, 4) is 0 Å². The van der Waals surface area contributed by atoms with Gasteiger partial charge in [0.25, 0.3) is 5.91 Å². The lowest BCUT2D eigenvalue weighted by Gasteiger charge is -2.11. The maximum Gasteiger partial charge on any atom is 0.416 e. The quantitative estimate of drug-likeness (QED) is 0.732. The van der Waals surface area contributed by atoms with E-state index in [2.05, 4.69) is 10.3 Å². The van der Waals surface area contributed by atoms with Gasteiger partial charge in [-0.15, -0.1) is 0 Å². The molecule has 0 fully saturated rings. The third kappa shape index (κ3) is 3.22. The lowest BCUT2D eigenvalue weighted by molar-refractivity contribution is -0.137. The van der Waals surface area contributed by atoms with E-state index in [1.54, 1.807) is 24.3 Å². The summed E-state index contributed by atoms with van der Waals surface area (Å²) in [6.45, 7) is 1.87. The average molecular weight is 330 g/mol. The molecule has 3 aromatic rings. The minimum absolute atomic E-state index is 0.173. The van der Waals surface area contributed by atoms with Crippen molar-refractivity contribution in [1.82, 2.24) is 4.98 Å². The molecule has 3 rings (SSSR count). The van der Waals surface area contributed by atoms with Crippen molar-refractivity contribution in [2.45, 2.75) is 13.1 Å². The number of anilines is 1. The Kier molecular flexibility index (Phi) is 3.97. The number of rotatable bonds is 2. The molecule has 6 heteroatoms. The average Bonchev–Trinajstić information content (AvgIpc) is 2.54. The SMILES string of the molecule is Cc1cccc(C(=O)Nc2ccnc3cc(C(F)(F)F)ccc23)c1. The molecule has 1 N–H and O–H groups in total. The molecular weight excluding hydrogens is 317 g/mol. The second-order valence-electron chi connectivity index (χ2n) is 5.41. The van der Waals surface area contributed by atoms with E-state index in [9.17, 15) is 18.0 Å². The minimum atomic E-state index is -4.43. The summed E-state index contributed by atoms with van der Waals surface area (Å²) in [5.74, 6) is -0.328. The molecule has 0 saturated carbocycles. The standard InChI is InChI=1S/C18H13F3N2O/c1-11-3-2-4-12(9-11)17(24)23-15-7-8-22-16-10-13(18(19,20)21)5-6-14(15)16/h2-10H,1H3,(H,22,23,24). The van der Waals surface area contributed by atoms with Gasteiger partial charge in [-0.05, 0) is 37.3 Å². The fraction of sp³-hybridized carbons (Fsp3) is 0.111. The van der Waals surface area contributed by atoms with Gasteiger partial charge in [0.1, 0.15) is 0 Å². The van der Waals surface area contributed by atoms with Crippen LogP contribution in [0.25, 0.3) is 10.9 Å². The Labute approximate surface area is 136 Å². The molecule has 0 aliphatic heterocycles. The van der Waals surface area contributed by atoms with E-state index in [1.165, 1.54) is 12.3 Å². The summed E-state index contributed by atoms with van der Waals surface area (Å²) in [5.41, 5.74) is 1.24. The topological polar surface area (TPSA) is 42.0 Å². The number of nitrogens with one attached hydrogen (secondary N) is 1. The number of hydrogen-bond donors (Lipinski definition) is 1. The molecule has 1 amide bonds. The number of nitrogens with zero attached hydrogens (tertiary/aromatic N) is 1. The van der Waals surface area contributed by atoms with Gasteiger partial charge < -0.3 is 5.32 Å². The van der Waals surface area contributed by atoms with Gasteiger partial charge in [0.15, 0.2) is 0 Å². The zero-order chi connectivity index (χ0) is 17.3. The summed E-state index contributed by atoms with van der Waals surface area (Å²) in [6.07, 6.45) is -3.06. The van der Waals surface area contributed by atoms with Crippen LogP contribution in [0.3, 0.4) is 0 Å². The molecule has 0 radical (unpaired) electrons. The van der Waals surface area contributed by atoms with E-state index in [-0.39, 0.29) is 11.4 Å². The van der Waals surface area contributed by atoms with Crippen molar-refractivity contribution < 1.29 is 18.0 Å². The van der Waals surface area contributed by atoms with E-state index in [1.807, 2.05) is 13.0 Å². The van der Waals surface area contributed by atoms with Crippen molar-refractivity contribution in [3.05, 3.63) is 71.4 Å². The number of hydrogen-bond acceptors (Lipinski definition) is 2. The maximum absolute atomic E-state index is 12.8. The number of pyridine rings is 1. The number of aryl methyl sites for hydroxylation is 1. The fourth-order valence-corrected chi connectivity index (χ4v) is 2.41. The van der Waals surface area contributed by atoms with Crippen LogP contribution in [0.5, 0.6) is 0 Å². The van der Waals surface area contributed by atoms with E-state index < -0.39 is 11.7 Å². The summed E-state index contributed by atoms with van der Waals surface area (Å²) in [4.78, 5) is 16.3. The smallest absolute Gasteiger partial charge is 0.321 e. The van der Waals surface area contributed by atoms with Crippen LogP contribution >= 0.6 is 0 Å². The van der Waals surface area contributed by atoms with Crippen molar-refractivity contribution >= 4 is 22.5 Å². The van der Waals surface area contributed by atoms with Gasteiger partial charge in [-0.3, -0.25) is 9.78 Å². The predicted molar refractivity (Wildman–Crippen MR) is 85.9 cm³/mol. The summed E-state index contributed by atoms with van der Waals surface area (Å²) < 4.78 is 38.4. The molecule has 0 spiro atoms. The molecule has 0 saturated heterocycles. The molecule has 0 aliphatic rings. The molecule has 0 bridgehead atoms. The highest BCUT2D eigenvalue weighted by Crippen LogP contribution is 2.32. The zero-order valence-electron chi connectivity index (χ0n) is 12.7. The fourth-order valence-electron chi connectivity index (χ4n) is 2.41. The normalized spacial score (nSPS) is 11.5. The summed E-state index contributed by atoms with van der Waals surface area (Å²) in [5, 5.41) is 3.18. The number of alkyl halides is 3. The molecule has 2 aromatic carbocycles. The lowest BCUT2D eigenvalue weighted by Crippen LogP contribution is -2.12. The first-order chi connectivity index (χ1) is 11.3. The Morgan fingerprint density at radius 3 is 2.58 bits per heavy atom. The first-order valence-corrected chi connectivity index (χ1v) is 7.18. The van der Waals surface area contributed by atoms with Gasteiger partial charge in [0, 0.05) is 17.1 Å². The highest BCUT2D eigenvalue weighted by Gasteiger charge is 2.30. The minimum Gasteiger partial charge on any atom is -0.321 e. The first kappa shape index (κ1) is 16.0. The summed E-state index contributed by atoms with van der Waals surface area (Å²) in [7, 11) is 0. The second-order valence-corrected chi connectivity index (χ2v) is 5.41. The molecule has 0 aliphatic carbocycles. The Balaban J connectivity index is 1.97. The van der Waals surface area contributed by atoms with Gasteiger partial charge >= 0.3 is 6.18 Å². The van der Waals surface area contributed by atoms with E-state index in [4.69, 9.17) is 0 Å². The van der Waals surface area contributed by atoms with Crippen LogP contribution < -0.4 is 5.32 Å². The molecule has 0 atom stereocenters. The van der Waals surface area contributed by atoms with Gasteiger partial charge in [-0.25, -0.2) is 0 Å². The van der Waals surface area contributed by atoms with Crippen LogP contribution in [-0.2, 0) is 6.18 Å². The van der Waals surface area contributed by atoms with Crippen molar-refractivity contribution in [3.63, 3.8) is 0 Å². The Bertz CT molecular complexity index is 920. The number of aromatic nitrogens is 1. The third-order valence-electron chi connectivity index (χ3n) is 3.60. The Hall–Kier alpha value is -2.89. The number of carbonyl (C=O) groups is 1. The zero-order valence-corrected chi connectivity index (χ0v) is 12.7. The van der Waals surface area contributed by atoms with Crippen LogP contribution in [-0.4, -0.2) is 10.9 Å². The number of benzene rings is 2. The molecule has 1 aromatic heterocycles. The van der Waals surface area contributed by atoms with Gasteiger partial charge in [0.05, 0.1) is 16.8 Å². The molecule has 1 heterocycles. The van der Waals surface area contributed by atoms with Crippen LogP contribution in [0.15, 0.2) is 54.7 Å². The van der Waals surface area contributed by atoms with Gasteiger partial charge in [-0.1, -0.05) is 23.8 Å². The summed E-state index contributed by atoms with van der Waals surface area (Å²) >= 11 is 0. The molecule has 0 unspecified atom stereocenters. The lowest BCUT2D eigenvalue weighted by atomic mass is 10.1. The molecule has 24 heavy (non-hydrogen) atoms. The molecule has 122 valence electrons. The van der Waals surface area contributed by atoms with E-state index in [0.29, 0.717) is 16.6 Å². The van der Waals surface area contributed by atoms with Gasteiger partial charge in [-0.2, -0.15) is 13.2 Å². The Morgan fingerprint density at radius 1 is 1.08 bits per heavy atom. The van der Waals surface area contributed by atoms with E-state index >= 15 is 0 Å². The maximum atomic E-state index is 12.8. The number of halogens is 3. The highest BCUT2D eigenvalue weighted by atomic mass is 19.4. The molecular formula is C18H13F3N2O. The molecule has 3 nitrogen and oxygen atoms in total. The van der Waals surface area contributed by atoms with Gasteiger partial charge in [0.2, 0.25) is 0 Å². The number of carbonyl (C=O) groups excluding carboxylic acids is 1. The number of amides is 1. The van der Waals surface area contributed by atoms with E-state index in [0.717, 1.165) is 17.7 Å². The van der Waals surface area contributed by atoms with Crippen LogP contribution in [0.1, 0.15) is 21.5 Å². The van der Waals surface area contributed by atoms with Crippen molar-refractivity contribution in [2.75, 3.05) is 5.32 Å². The predicted octanol–water partition coefficient (Wildman–Crippen LogP) is 4.81. The monoisotopic (exact) mass is 330 g/mol. The van der Waals surface area contributed by atoms with Crippen molar-refractivity contribution in [2.24, 2.45) is 0 Å². The number of fused-ring (bicyclic) bond motifs is 1.